The zero-order chi connectivity index (χ0) is 29.5. The summed E-state index contributed by atoms with van der Waals surface area (Å²) >= 11 is 7.61. The molecular weight excluding hydrogens is 564 g/mol. The number of thioether (sulfide) groups is 1. The Kier molecular flexibility index (Phi) is 7.33. The van der Waals surface area contributed by atoms with E-state index in [2.05, 4.69) is 57.2 Å². The van der Waals surface area contributed by atoms with Gasteiger partial charge in [0.1, 0.15) is 0 Å². The Hall–Kier alpha value is -4.07. The van der Waals surface area contributed by atoms with Crippen LogP contribution in [0, 0.1) is 0 Å². The topological polar surface area (TPSA) is 57.5 Å². The minimum atomic E-state index is -1.07. The van der Waals surface area contributed by atoms with Crippen molar-refractivity contribution in [1.82, 2.24) is 0 Å². The van der Waals surface area contributed by atoms with E-state index in [1.807, 2.05) is 76.7 Å². The van der Waals surface area contributed by atoms with Crippen molar-refractivity contribution in [3.05, 3.63) is 130 Å². The van der Waals surface area contributed by atoms with Gasteiger partial charge >= 0.3 is 5.97 Å². The molecule has 0 radical (unpaired) electrons. The van der Waals surface area contributed by atoms with Crippen LogP contribution in [0.2, 0.25) is 5.02 Å². The zero-order valence-electron chi connectivity index (χ0n) is 23.9. The van der Waals surface area contributed by atoms with Crippen LogP contribution >= 0.6 is 23.4 Å². The molecule has 212 valence electrons. The maximum Gasteiger partial charge on any atom is 0.365 e. The molecule has 6 rings (SSSR count). The molecule has 0 N–H and O–H groups in total. The standard InChI is InChI=1S/C34H31ClN4O2S/c1-5-41-32(40)31-37-39(27-21-19-25(35)20-22-27)34(42-31)29-14-10-9-13-28(29)30(36-38(34)26-11-7-6-8-12-26)23-15-17-24(18-16-23)33(2,3)4/h6-22H,5H2,1-4H3. The molecule has 2 aliphatic rings. The van der Waals surface area contributed by atoms with Gasteiger partial charge in [0.05, 0.1) is 23.7 Å². The number of hydrogen-bond acceptors (Lipinski definition) is 7. The molecule has 0 amide bonds. The number of anilines is 2. The van der Waals surface area contributed by atoms with Gasteiger partial charge in [-0.15, -0.1) is 0 Å². The van der Waals surface area contributed by atoms with Gasteiger partial charge in [-0.3, -0.25) is 0 Å². The number of carbonyl (C=O) groups is 1. The second-order valence-corrected chi connectivity index (χ2v) is 12.7. The SMILES string of the molecule is CCOC(=O)C1=NN(c2ccc(Cl)cc2)C2(S1)c1ccccc1C(c1ccc(C(C)(C)C)cc1)=NN2c1ccccc1. The molecule has 0 saturated heterocycles. The number of halogens is 1. The summed E-state index contributed by atoms with van der Waals surface area (Å²) < 4.78 is 5.43. The van der Waals surface area contributed by atoms with E-state index in [1.165, 1.54) is 17.3 Å². The van der Waals surface area contributed by atoms with Crippen LogP contribution in [0.5, 0.6) is 0 Å². The largest absolute Gasteiger partial charge is 0.461 e. The Morgan fingerprint density at radius 3 is 2.12 bits per heavy atom. The van der Waals surface area contributed by atoms with E-state index in [0.29, 0.717) is 5.02 Å². The summed E-state index contributed by atoms with van der Waals surface area (Å²) in [5.41, 5.74) is 6.63. The van der Waals surface area contributed by atoms with Crippen molar-refractivity contribution in [3.8, 4) is 0 Å². The Balaban J connectivity index is 1.61. The maximum absolute atomic E-state index is 13.2. The highest BCUT2D eigenvalue weighted by Gasteiger charge is 2.56. The van der Waals surface area contributed by atoms with E-state index in [1.54, 1.807) is 6.92 Å². The van der Waals surface area contributed by atoms with Crippen molar-refractivity contribution in [2.24, 2.45) is 10.2 Å². The molecule has 6 nitrogen and oxygen atoms in total. The van der Waals surface area contributed by atoms with Gasteiger partial charge in [-0.05, 0) is 66.1 Å². The van der Waals surface area contributed by atoms with E-state index in [-0.39, 0.29) is 17.1 Å². The fourth-order valence-corrected chi connectivity index (χ4v) is 6.62. The lowest BCUT2D eigenvalue weighted by molar-refractivity contribution is -0.134. The monoisotopic (exact) mass is 594 g/mol. The van der Waals surface area contributed by atoms with E-state index in [4.69, 9.17) is 26.5 Å². The average molecular weight is 595 g/mol. The molecule has 1 atom stereocenters. The molecule has 0 aliphatic carbocycles. The van der Waals surface area contributed by atoms with Crippen LogP contribution in [0.25, 0.3) is 0 Å². The zero-order valence-corrected chi connectivity index (χ0v) is 25.5. The highest BCUT2D eigenvalue weighted by atomic mass is 35.5. The maximum atomic E-state index is 13.2. The first-order valence-corrected chi connectivity index (χ1v) is 15.1. The number of nitrogens with zero attached hydrogens (tertiary/aromatic N) is 4. The van der Waals surface area contributed by atoms with Gasteiger partial charge in [0.25, 0.3) is 0 Å². The summed E-state index contributed by atoms with van der Waals surface area (Å²) in [4.78, 5) is 12.1. The molecule has 4 aromatic carbocycles. The number of rotatable bonds is 5. The Morgan fingerprint density at radius 1 is 0.833 bits per heavy atom. The van der Waals surface area contributed by atoms with Crippen molar-refractivity contribution < 1.29 is 9.53 Å². The van der Waals surface area contributed by atoms with Crippen molar-refractivity contribution >= 4 is 51.5 Å². The predicted octanol–water partition coefficient (Wildman–Crippen LogP) is 8.15. The Morgan fingerprint density at radius 2 is 1.45 bits per heavy atom. The van der Waals surface area contributed by atoms with Crippen molar-refractivity contribution in [3.63, 3.8) is 0 Å². The molecule has 2 heterocycles. The summed E-state index contributed by atoms with van der Waals surface area (Å²) in [5.74, 6) is -0.476. The van der Waals surface area contributed by atoms with Gasteiger partial charge in [0.2, 0.25) is 10.0 Å². The smallest absolute Gasteiger partial charge is 0.365 e. The molecule has 0 aromatic heterocycles. The normalized spacial score (nSPS) is 18.0. The quantitative estimate of drug-likeness (QED) is 0.218. The molecule has 8 heteroatoms. The lowest BCUT2D eigenvalue weighted by atomic mass is 9.85. The number of fused-ring (bicyclic) bond motifs is 2. The molecule has 2 aliphatic heterocycles. The second kappa shape index (κ2) is 11.0. The van der Waals surface area contributed by atoms with E-state index >= 15 is 0 Å². The molecule has 1 unspecified atom stereocenters. The molecule has 0 fully saturated rings. The number of ether oxygens (including phenoxy) is 1. The van der Waals surface area contributed by atoms with Crippen LogP contribution in [0.15, 0.2) is 113 Å². The van der Waals surface area contributed by atoms with Crippen LogP contribution in [0.3, 0.4) is 0 Å². The number of carbonyl (C=O) groups excluding carboxylic acids is 1. The predicted molar refractivity (Wildman–Crippen MR) is 173 cm³/mol. The number of hydrazone groups is 2. The molecule has 42 heavy (non-hydrogen) atoms. The van der Waals surface area contributed by atoms with E-state index in [0.717, 1.165) is 33.8 Å². The van der Waals surface area contributed by atoms with Gasteiger partial charge in [-0.25, -0.2) is 14.8 Å². The lowest BCUT2D eigenvalue weighted by Crippen LogP contribution is -2.54. The highest BCUT2D eigenvalue weighted by Crippen LogP contribution is 2.55. The summed E-state index contributed by atoms with van der Waals surface area (Å²) in [6, 6.07) is 34.2. The average Bonchev–Trinajstić information content (AvgIpc) is 3.39. The Labute approximate surface area is 255 Å². The molecule has 4 aromatic rings. The first-order chi connectivity index (χ1) is 20.2. The second-order valence-electron chi connectivity index (χ2n) is 11.1. The summed E-state index contributed by atoms with van der Waals surface area (Å²) in [7, 11) is 0. The van der Waals surface area contributed by atoms with Crippen LogP contribution in [-0.2, 0) is 19.9 Å². The first kappa shape index (κ1) is 28.1. The highest BCUT2D eigenvalue weighted by molar-refractivity contribution is 8.16. The van der Waals surface area contributed by atoms with E-state index in [9.17, 15) is 4.79 Å². The molecular formula is C34H31ClN4O2S. The third-order valence-electron chi connectivity index (χ3n) is 7.28. The number of benzene rings is 4. The van der Waals surface area contributed by atoms with Crippen LogP contribution in [0.1, 0.15) is 49.9 Å². The Bertz CT molecular complexity index is 1680. The van der Waals surface area contributed by atoms with Gasteiger partial charge in [0.15, 0.2) is 0 Å². The van der Waals surface area contributed by atoms with Crippen LogP contribution < -0.4 is 10.0 Å². The summed E-state index contributed by atoms with van der Waals surface area (Å²) in [6.45, 7) is 8.66. The van der Waals surface area contributed by atoms with Gasteiger partial charge < -0.3 is 4.74 Å². The van der Waals surface area contributed by atoms with Crippen molar-refractivity contribution in [2.45, 2.75) is 38.1 Å². The first-order valence-electron chi connectivity index (χ1n) is 13.9. The molecule has 1 spiro atoms. The minimum absolute atomic E-state index is 0.0331. The molecule has 0 bridgehead atoms. The fraction of sp³-hybridized carbons (Fsp3) is 0.206. The minimum Gasteiger partial charge on any atom is -0.461 e. The molecule has 0 saturated carbocycles. The van der Waals surface area contributed by atoms with Crippen LogP contribution in [-0.4, -0.2) is 23.3 Å². The number of esters is 1. The lowest BCUT2D eigenvalue weighted by Gasteiger charge is -2.47. The summed E-state index contributed by atoms with van der Waals surface area (Å²) in [5, 5.41) is 14.9. The van der Waals surface area contributed by atoms with Gasteiger partial charge in [0, 0.05) is 21.7 Å². The van der Waals surface area contributed by atoms with Crippen molar-refractivity contribution in [2.75, 3.05) is 16.6 Å². The fourth-order valence-electron chi connectivity index (χ4n) is 5.20. The third kappa shape index (κ3) is 4.86. The van der Waals surface area contributed by atoms with E-state index < -0.39 is 11.0 Å². The van der Waals surface area contributed by atoms with Crippen molar-refractivity contribution in [1.29, 1.82) is 0 Å². The van der Waals surface area contributed by atoms with Crippen LogP contribution in [0.4, 0.5) is 11.4 Å². The third-order valence-corrected chi connectivity index (χ3v) is 8.83. The summed E-state index contributed by atoms with van der Waals surface area (Å²) in [6.07, 6.45) is 0. The number of hydrogen-bond donors (Lipinski definition) is 0. The van der Waals surface area contributed by atoms with Gasteiger partial charge in [-0.2, -0.15) is 10.2 Å². The number of para-hydroxylation sites is 1. The van der Waals surface area contributed by atoms with Gasteiger partial charge in [-0.1, -0.05) is 99.1 Å².